The van der Waals surface area contributed by atoms with Crippen LogP contribution in [0.5, 0.6) is 0 Å². The van der Waals surface area contributed by atoms with Gasteiger partial charge in [0.05, 0.1) is 11.3 Å². The van der Waals surface area contributed by atoms with Crippen LogP contribution in [0.15, 0.2) is 18.2 Å². The Kier molecular flexibility index (Phi) is 3.19. The summed E-state index contributed by atoms with van der Waals surface area (Å²) < 4.78 is 0. The van der Waals surface area contributed by atoms with Gasteiger partial charge in [0.2, 0.25) is 0 Å². The second kappa shape index (κ2) is 4.85. The Morgan fingerprint density at radius 3 is 2.42 bits per heavy atom. The molecule has 0 aromatic heterocycles. The van der Waals surface area contributed by atoms with Crippen molar-refractivity contribution in [1.82, 2.24) is 5.32 Å². The van der Waals surface area contributed by atoms with Crippen LogP contribution in [0.2, 0.25) is 0 Å². The van der Waals surface area contributed by atoms with Gasteiger partial charge in [-0.3, -0.25) is 10.6 Å². The summed E-state index contributed by atoms with van der Waals surface area (Å²) in [4.78, 5) is 12.4. The third-order valence-corrected chi connectivity index (χ3v) is 4.13. The molecule has 1 amide bonds. The molecule has 0 saturated heterocycles. The monoisotopic (exact) mass is 259 g/mol. The van der Waals surface area contributed by atoms with Crippen molar-refractivity contribution in [3.63, 3.8) is 0 Å². The van der Waals surface area contributed by atoms with E-state index < -0.39 is 0 Å². The molecule has 3 rings (SSSR count). The molecule has 1 aromatic carbocycles. The molecule has 4 heteroatoms. The minimum Gasteiger partial charge on any atom is -0.349 e. The highest BCUT2D eigenvalue weighted by atomic mass is 16.1. The van der Waals surface area contributed by atoms with Gasteiger partial charge in [-0.1, -0.05) is 6.07 Å². The van der Waals surface area contributed by atoms with Crippen LogP contribution >= 0.6 is 0 Å². The Morgan fingerprint density at radius 1 is 1.26 bits per heavy atom. The van der Waals surface area contributed by atoms with E-state index in [0.29, 0.717) is 29.1 Å². The maximum absolute atomic E-state index is 12.4. The predicted molar refractivity (Wildman–Crippen MR) is 75.7 cm³/mol. The van der Waals surface area contributed by atoms with E-state index in [2.05, 4.69) is 10.7 Å². The number of hydrazine groups is 1. The van der Waals surface area contributed by atoms with Crippen molar-refractivity contribution < 1.29 is 4.79 Å². The van der Waals surface area contributed by atoms with Crippen molar-refractivity contribution in [2.75, 3.05) is 5.43 Å². The van der Waals surface area contributed by atoms with Crippen molar-refractivity contribution in [3.8, 4) is 0 Å². The molecule has 4 nitrogen and oxygen atoms in total. The fourth-order valence-electron chi connectivity index (χ4n) is 2.74. The van der Waals surface area contributed by atoms with Gasteiger partial charge in [-0.25, -0.2) is 0 Å². The zero-order valence-electron chi connectivity index (χ0n) is 11.3. The van der Waals surface area contributed by atoms with Crippen LogP contribution < -0.4 is 16.6 Å². The molecule has 2 saturated carbocycles. The summed E-state index contributed by atoms with van der Waals surface area (Å²) in [6.45, 7) is 1.99. The molecule has 0 spiro atoms. The fraction of sp³-hybridized carbons (Fsp3) is 0.533. The van der Waals surface area contributed by atoms with E-state index in [1.165, 1.54) is 25.7 Å². The SMILES string of the molecule is Cc1ccc(C(=O)NC(C2CC2)C2CC2)c(NN)c1. The van der Waals surface area contributed by atoms with Gasteiger partial charge in [0, 0.05) is 6.04 Å². The number of hydrogen-bond donors (Lipinski definition) is 3. The van der Waals surface area contributed by atoms with Crippen LogP contribution in [0.1, 0.15) is 41.6 Å². The van der Waals surface area contributed by atoms with Gasteiger partial charge >= 0.3 is 0 Å². The quantitative estimate of drug-likeness (QED) is 0.561. The minimum absolute atomic E-state index is 0.00301. The summed E-state index contributed by atoms with van der Waals surface area (Å²) in [7, 11) is 0. The lowest BCUT2D eigenvalue weighted by Crippen LogP contribution is -2.38. The number of aryl methyl sites for hydroxylation is 1. The second-order valence-electron chi connectivity index (χ2n) is 5.87. The molecule has 0 heterocycles. The number of nitrogen functional groups attached to an aromatic ring is 1. The predicted octanol–water partition coefficient (Wildman–Crippen LogP) is 2.20. The average Bonchev–Trinajstić information content (AvgIpc) is 3.28. The van der Waals surface area contributed by atoms with Crippen LogP contribution in [0.3, 0.4) is 0 Å². The Morgan fingerprint density at radius 2 is 1.89 bits per heavy atom. The molecular weight excluding hydrogens is 238 g/mol. The Hall–Kier alpha value is -1.55. The number of rotatable bonds is 5. The van der Waals surface area contributed by atoms with E-state index in [-0.39, 0.29) is 5.91 Å². The number of benzene rings is 1. The number of nitrogens with two attached hydrogens (primary N) is 1. The summed E-state index contributed by atoms with van der Waals surface area (Å²) in [5.74, 6) is 6.91. The summed E-state index contributed by atoms with van der Waals surface area (Å²) in [5, 5.41) is 3.22. The van der Waals surface area contributed by atoms with E-state index in [1.807, 2.05) is 25.1 Å². The van der Waals surface area contributed by atoms with E-state index in [9.17, 15) is 4.79 Å². The lowest BCUT2D eigenvalue weighted by molar-refractivity contribution is 0.0927. The number of amides is 1. The topological polar surface area (TPSA) is 67.2 Å². The Bertz CT molecular complexity index is 480. The van der Waals surface area contributed by atoms with Crippen molar-refractivity contribution >= 4 is 11.6 Å². The molecule has 0 unspecified atom stereocenters. The molecular formula is C15H21N3O. The van der Waals surface area contributed by atoms with Crippen molar-refractivity contribution in [2.45, 2.75) is 38.6 Å². The molecule has 2 aliphatic carbocycles. The smallest absolute Gasteiger partial charge is 0.253 e. The van der Waals surface area contributed by atoms with Crippen LogP contribution in [-0.2, 0) is 0 Å². The number of nitrogens with one attached hydrogen (secondary N) is 2. The van der Waals surface area contributed by atoms with Gasteiger partial charge in [0.1, 0.15) is 0 Å². The third-order valence-electron chi connectivity index (χ3n) is 4.13. The Balaban J connectivity index is 1.75. The van der Waals surface area contributed by atoms with Gasteiger partial charge < -0.3 is 10.7 Å². The van der Waals surface area contributed by atoms with E-state index >= 15 is 0 Å². The van der Waals surface area contributed by atoms with E-state index in [4.69, 9.17) is 5.84 Å². The fourth-order valence-corrected chi connectivity index (χ4v) is 2.74. The molecule has 2 aliphatic rings. The molecule has 0 radical (unpaired) electrons. The third kappa shape index (κ3) is 2.73. The van der Waals surface area contributed by atoms with Crippen LogP contribution in [0, 0.1) is 18.8 Å². The maximum atomic E-state index is 12.4. The molecule has 4 N–H and O–H groups in total. The van der Waals surface area contributed by atoms with Crippen LogP contribution in [0.4, 0.5) is 5.69 Å². The molecule has 0 bridgehead atoms. The molecule has 2 fully saturated rings. The average molecular weight is 259 g/mol. The Labute approximate surface area is 113 Å². The number of carbonyl (C=O) groups excluding carboxylic acids is 1. The molecule has 102 valence electrons. The lowest BCUT2D eigenvalue weighted by atomic mass is 10.1. The summed E-state index contributed by atoms with van der Waals surface area (Å²) in [5.41, 5.74) is 5.04. The van der Waals surface area contributed by atoms with Crippen LogP contribution in [-0.4, -0.2) is 11.9 Å². The summed E-state index contributed by atoms with van der Waals surface area (Å²) in [6.07, 6.45) is 5.05. The van der Waals surface area contributed by atoms with E-state index in [0.717, 1.165) is 5.56 Å². The van der Waals surface area contributed by atoms with Crippen LogP contribution in [0.25, 0.3) is 0 Å². The van der Waals surface area contributed by atoms with Gasteiger partial charge in [0.15, 0.2) is 0 Å². The minimum atomic E-state index is -0.00301. The number of anilines is 1. The first-order chi connectivity index (χ1) is 9.19. The highest BCUT2D eigenvalue weighted by molar-refractivity contribution is 5.99. The molecule has 0 aliphatic heterocycles. The van der Waals surface area contributed by atoms with Gasteiger partial charge in [-0.2, -0.15) is 0 Å². The largest absolute Gasteiger partial charge is 0.349 e. The normalized spacial score (nSPS) is 18.5. The van der Waals surface area contributed by atoms with E-state index in [1.54, 1.807) is 0 Å². The van der Waals surface area contributed by atoms with Gasteiger partial charge in [-0.15, -0.1) is 0 Å². The highest BCUT2D eigenvalue weighted by Gasteiger charge is 2.42. The summed E-state index contributed by atoms with van der Waals surface area (Å²) in [6, 6.07) is 6.06. The first kappa shape index (κ1) is 12.5. The van der Waals surface area contributed by atoms with Gasteiger partial charge in [0.25, 0.3) is 5.91 Å². The highest BCUT2D eigenvalue weighted by Crippen LogP contribution is 2.44. The maximum Gasteiger partial charge on any atom is 0.253 e. The van der Waals surface area contributed by atoms with Crippen molar-refractivity contribution in [2.24, 2.45) is 17.7 Å². The number of hydrogen-bond acceptors (Lipinski definition) is 3. The van der Waals surface area contributed by atoms with Gasteiger partial charge in [-0.05, 0) is 62.1 Å². The summed E-state index contributed by atoms with van der Waals surface area (Å²) >= 11 is 0. The first-order valence-corrected chi connectivity index (χ1v) is 7.07. The molecule has 0 atom stereocenters. The van der Waals surface area contributed by atoms with Crippen molar-refractivity contribution in [3.05, 3.63) is 29.3 Å². The van der Waals surface area contributed by atoms with Crippen molar-refractivity contribution in [1.29, 1.82) is 0 Å². The standard InChI is InChI=1S/C15H21N3O/c1-9-2-7-12(13(8-9)18-16)15(19)17-14(10-3-4-10)11-5-6-11/h2,7-8,10-11,14,18H,3-6,16H2,1H3,(H,17,19). The zero-order chi connectivity index (χ0) is 13.4. The lowest BCUT2D eigenvalue weighted by Gasteiger charge is -2.19. The number of carbonyl (C=O) groups is 1. The molecule has 1 aromatic rings. The molecule has 19 heavy (non-hydrogen) atoms. The first-order valence-electron chi connectivity index (χ1n) is 7.07. The zero-order valence-corrected chi connectivity index (χ0v) is 11.3. The second-order valence-corrected chi connectivity index (χ2v) is 5.87.